The average Bonchev–Trinajstić information content (AvgIpc) is 2.30. The summed E-state index contributed by atoms with van der Waals surface area (Å²) in [4.78, 5) is 18.9. The molecule has 2 aromatic rings. The molecule has 0 radical (unpaired) electrons. The van der Waals surface area contributed by atoms with E-state index in [1.54, 1.807) is 6.07 Å². The average molecular weight is 393 g/mol. The van der Waals surface area contributed by atoms with Gasteiger partial charge in [-0.2, -0.15) is 0 Å². The second-order valence-electron chi connectivity index (χ2n) is 4.43. The normalized spacial score (nSPS) is 11.1. The lowest BCUT2D eigenvalue weighted by Crippen LogP contribution is -2.17. The number of hydrogen-bond acceptors (Lipinski definition) is 2. The highest BCUT2D eigenvalue weighted by Gasteiger charge is 2.13. The van der Waals surface area contributed by atoms with Crippen LogP contribution in [-0.4, -0.2) is 9.97 Å². The summed E-state index contributed by atoms with van der Waals surface area (Å²) >= 11 is 7.78. The SMILES string of the molecule is CC(C)c1nc(-c2cc(F)cc(Cl)c2)[nH]c(=O)c1I. The van der Waals surface area contributed by atoms with Crippen molar-refractivity contribution in [2.24, 2.45) is 0 Å². The molecule has 1 heterocycles. The van der Waals surface area contributed by atoms with Crippen LogP contribution >= 0.6 is 34.2 Å². The second kappa shape index (κ2) is 5.58. The van der Waals surface area contributed by atoms with E-state index in [1.165, 1.54) is 12.1 Å². The molecule has 3 nitrogen and oxygen atoms in total. The van der Waals surface area contributed by atoms with E-state index in [9.17, 15) is 9.18 Å². The van der Waals surface area contributed by atoms with Crippen LogP contribution in [-0.2, 0) is 0 Å². The first-order valence-electron chi connectivity index (χ1n) is 5.64. The van der Waals surface area contributed by atoms with E-state index in [1.807, 2.05) is 36.4 Å². The Morgan fingerprint density at radius 2 is 2.05 bits per heavy atom. The molecule has 6 heteroatoms. The smallest absolute Gasteiger partial charge is 0.264 e. The minimum atomic E-state index is -0.463. The lowest BCUT2D eigenvalue weighted by atomic mass is 10.1. The van der Waals surface area contributed by atoms with Gasteiger partial charge in [-0.1, -0.05) is 25.4 Å². The molecule has 0 saturated heterocycles. The van der Waals surface area contributed by atoms with Gasteiger partial charge in [-0.25, -0.2) is 9.37 Å². The van der Waals surface area contributed by atoms with Crippen molar-refractivity contribution in [1.29, 1.82) is 0 Å². The first kappa shape index (κ1) is 14.5. The van der Waals surface area contributed by atoms with Crippen LogP contribution in [0.5, 0.6) is 0 Å². The zero-order chi connectivity index (χ0) is 14.2. The summed E-state index contributed by atoms with van der Waals surface area (Å²) in [5, 5.41) is 0.266. The topological polar surface area (TPSA) is 45.8 Å². The van der Waals surface area contributed by atoms with Gasteiger partial charge in [-0.3, -0.25) is 4.79 Å². The molecule has 1 N–H and O–H groups in total. The van der Waals surface area contributed by atoms with Crippen molar-refractivity contribution < 1.29 is 4.39 Å². The van der Waals surface area contributed by atoms with Crippen molar-refractivity contribution in [2.45, 2.75) is 19.8 Å². The van der Waals surface area contributed by atoms with Gasteiger partial charge in [0.1, 0.15) is 11.6 Å². The quantitative estimate of drug-likeness (QED) is 0.787. The molecule has 0 aliphatic rings. The molecule has 0 spiro atoms. The van der Waals surface area contributed by atoms with Crippen molar-refractivity contribution in [3.05, 3.63) is 48.7 Å². The van der Waals surface area contributed by atoms with Gasteiger partial charge in [0.25, 0.3) is 5.56 Å². The van der Waals surface area contributed by atoms with Gasteiger partial charge in [0.05, 0.1) is 9.26 Å². The third-order valence-corrected chi connectivity index (χ3v) is 3.83. The van der Waals surface area contributed by atoms with Crippen molar-refractivity contribution >= 4 is 34.2 Å². The molecule has 1 aromatic heterocycles. The van der Waals surface area contributed by atoms with Crippen molar-refractivity contribution in [2.75, 3.05) is 0 Å². The van der Waals surface area contributed by atoms with Crippen LogP contribution in [0.1, 0.15) is 25.5 Å². The summed E-state index contributed by atoms with van der Waals surface area (Å²) in [6, 6.07) is 4.07. The molecule has 0 atom stereocenters. The molecule has 2 rings (SSSR count). The fourth-order valence-electron chi connectivity index (χ4n) is 1.69. The molecule has 0 aliphatic heterocycles. The Morgan fingerprint density at radius 3 is 2.63 bits per heavy atom. The maximum absolute atomic E-state index is 13.3. The van der Waals surface area contributed by atoms with Crippen LogP contribution in [0, 0.1) is 9.39 Å². The molecule has 100 valence electrons. The third kappa shape index (κ3) is 3.14. The summed E-state index contributed by atoms with van der Waals surface area (Å²) in [7, 11) is 0. The van der Waals surface area contributed by atoms with Crippen LogP contribution in [0.15, 0.2) is 23.0 Å². The number of H-pyrrole nitrogens is 1. The Morgan fingerprint density at radius 1 is 1.37 bits per heavy atom. The number of rotatable bonds is 2. The Hall–Kier alpha value is -0.950. The van der Waals surface area contributed by atoms with Gasteiger partial charge in [-0.15, -0.1) is 0 Å². The minimum Gasteiger partial charge on any atom is -0.306 e. The van der Waals surface area contributed by atoms with E-state index >= 15 is 0 Å². The number of halogens is 3. The molecule has 0 saturated carbocycles. The lowest BCUT2D eigenvalue weighted by molar-refractivity contribution is 0.628. The Kier molecular flexibility index (Phi) is 4.25. The molecule has 0 aliphatic carbocycles. The number of nitrogens with one attached hydrogen (secondary N) is 1. The van der Waals surface area contributed by atoms with Crippen molar-refractivity contribution in [1.82, 2.24) is 9.97 Å². The van der Waals surface area contributed by atoms with E-state index in [0.717, 1.165) is 0 Å². The van der Waals surface area contributed by atoms with Crippen LogP contribution in [0.3, 0.4) is 0 Å². The number of aromatic amines is 1. The summed E-state index contributed by atoms with van der Waals surface area (Å²) < 4.78 is 13.9. The van der Waals surface area contributed by atoms with Crippen molar-refractivity contribution in [3.63, 3.8) is 0 Å². The van der Waals surface area contributed by atoms with Gasteiger partial charge in [0, 0.05) is 10.6 Å². The van der Waals surface area contributed by atoms with Crippen LogP contribution in [0.2, 0.25) is 5.02 Å². The predicted octanol–water partition coefficient (Wildman–Crippen LogP) is 3.96. The predicted molar refractivity (Wildman–Crippen MR) is 82.1 cm³/mol. The summed E-state index contributed by atoms with van der Waals surface area (Å²) in [5.41, 5.74) is 0.926. The van der Waals surface area contributed by atoms with Crippen LogP contribution in [0.25, 0.3) is 11.4 Å². The molecule has 0 bridgehead atoms. The molecular weight excluding hydrogens is 382 g/mol. The maximum Gasteiger partial charge on any atom is 0.264 e. The molecule has 0 fully saturated rings. The maximum atomic E-state index is 13.3. The molecule has 0 unspecified atom stereocenters. The summed E-state index contributed by atoms with van der Waals surface area (Å²) in [6.45, 7) is 3.90. The Bertz CT molecular complexity index is 665. The number of nitrogens with zero attached hydrogens (tertiary/aromatic N) is 1. The van der Waals surface area contributed by atoms with Crippen LogP contribution in [0.4, 0.5) is 4.39 Å². The van der Waals surface area contributed by atoms with Gasteiger partial charge in [-0.05, 0) is 46.7 Å². The molecule has 19 heavy (non-hydrogen) atoms. The van der Waals surface area contributed by atoms with E-state index < -0.39 is 5.82 Å². The molecule has 0 amide bonds. The zero-order valence-corrected chi connectivity index (χ0v) is 13.2. The van der Waals surface area contributed by atoms with Gasteiger partial charge in [0.2, 0.25) is 0 Å². The zero-order valence-electron chi connectivity index (χ0n) is 10.3. The lowest BCUT2D eigenvalue weighted by Gasteiger charge is -2.09. The standard InChI is InChI=1S/C13H11ClFIN2O/c1-6(2)11-10(16)13(19)18-12(17-11)7-3-8(14)5-9(15)4-7/h3-6H,1-2H3,(H,17,18,19). The summed E-state index contributed by atoms with van der Waals surface area (Å²) in [6.07, 6.45) is 0. The van der Waals surface area contributed by atoms with E-state index in [2.05, 4.69) is 9.97 Å². The number of aromatic nitrogens is 2. The fourth-order valence-corrected chi connectivity index (χ4v) is 2.79. The Balaban J connectivity index is 2.66. The van der Waals surface area contributed by atoms with Gasteiger partial charge in [0.15, 0.2) is 0 Å². The van der Waals surface area contributed by atoms with E-state index in [0.29, 0.717) is 20.7 Å². The first-order chi connectivity index (χ1) is 8.88. The molecule has 1 aromatic carbocycles. The summed E-state index contributed by atoms with van der Waals surface area (Å²) in [5.74, 6) is -0.0257. The van der Waals surface area contributed by atoms with Crippen LogP contribution < -0.4 is 5.56 Å². The monoisotopic (exact) mass is 392 g/mol. The highest BCUT2D eigenvalue weighted by molar-refractivity contribution is 14.1. The molecular formula is C13H11ClFIN2O. The van der Waals surface area contributed by atoms with E-state index in [4.69, 9.17) is 11.6 Å². The Labute approximate surface area is 128 Å². The van der Waals surface area contributed by atoms with E-state index in [-0.39, 0.29) is 16.5 Å². The minimum absolute atomic E-state index is 0.108. The second-order valence-corrected chi connectivity index (χ2v) is 5.94. The van der Waals surface area contributed by atoms with Gasteiger partial charge >= 0.3 is 0 Å². The highest BCUT2D eigenvalue weighted by Crippen LogP contribution is 2.23. The first-order valence-corrected chi connectivity index (χ1v) is 7.10. The van der Waals surface area contributed by atoms with Gasteiger partial charge < -0.3 is 4.98 Å². The third-order valence-electron chi connectivity index (χ3n) is 2.57. The number of hydrogen-bond donors (Lipinski definition) is 1. The fraction of sp³-hybridized carbons (Fsp3) is 0.231. The largest absolute Gasteiger partial charge is 0.306 e. The van der Waals surface area contributed by atoms with Crippen molar-refractivity contribution in [3.8, 4) is 11.4 Å². The number of benzene rings is 1. The highest BCUT2D eigenvalue weighted by atomic mass is 127.